The van der Waals surface area contributed by atoms with Crippen molar-refractivity contribution >= 4 is 11.9 Å². The summed E-state index contributed by atoms with van der Waals surface area (Å²) in [6, 6.07) is -0.232. The average molecular weight is 194 g/mol. The van der Waals surface area contributed by atoms with Gasteiger partial charge < -0.3 is 5.32 Å². The first-order valence-electron chi connectivity index (χ1n) is 5.03. The number of carbonyl (C=O) groups is 2. The molecular formula is C10H14N2O2. The number of nitrogens with one attached hydrogen (secondary N) is 1. The third-order valence-corrected chi connectivity index (χ3v) is 2.74. The monoisotopic (exact) mass is 194 g/mol. The standard InChI is InChI=1S/C10H14N2O2/c13-9(8-4-2-1-3-5-8)12-7-6-11-10(12)14/h1-2,8H,3-7H2,(H,11,14). The molecule has 1 heterocycles. The zero-order chi connectivity index (χ0) is 9.97. The fourth-order valence-corrected chi connectivity index (χ4v) is 1.92. The van der Waals surface area contributed by atoms with Crippen molar-refractivity contribution in [3.8, 4) is 0 Å². The molecule has 0 saturated carbocycles. The molecule has 4 nitrogen and oxygen atoms in total. The number of urea groups is 1. The van der Waals surface area contributed by atoms with Crippen molar-refractivity contribution in [1.29, 1.82) is 0 Å². The van der Waals surface area contributed by atoms with Crippen LogP contribution in [-0.4, -0.2) is 29.9 Å². The third-order valence-electron chi connectivity index (χ3n) is 2.74. The smallest absolute Gasteiger partial charge is 0.324 e. The minimum atomic E-state index is -0.232. The third kappa shape index (κ3) is 1.64. The van der Waals surface area contributed by atoms with Gasteiger partial charge in [0.05, 0.1) is 0 Å². The highest BCUT2D eigenvalue weighted by Crippen LogP contribution is 2.21. The van der Waals surface area contributed by atoms with Crippen LogP contribution in [0.4, 0.5) is 4.79 Å². The Morgan fingerprint density at radius 2 is 2.36 bits per heavy atom. The van der Waals surface area contributed by atoms with Gasteiger partial charge in [0, 0.05) is 19.0 Å². The Morgan fingerprint density at radius 3 is 2.93 bits per heavy atom. The van der Waals surface area contributed by atoms with E-state index in [1.165, 1.54) is 4.90 Å². The van der Waals surface area contributed by atoms with Crippen LogP contribution >= 0.6 is 0 Å². The van der Waals surface area contributed by atoms with Crippen LogP contribution in [0.2, 0.25) is 0 Å². The quantitative estimate of drug-likeness (QED) is 0.630. The van der Waals surface area contributed by atoms with Gasteiger partial charge in [-0.15, -0.1) is 0 Å². The Bertz CT molecular complexity index is 286. The summed E-state index contributed by atoms with van der Waals surface area (Å²) in [7, 11) is 0. The van der Waals surface area contributed by atoms with E-state index in [-0.39, 0.29) is 17.9 Å². The van der Waals surface area contributed by atoms with E-state index in [0.29, 0.717) is 13.1 Å². The number of carbonyl (C=O) groups excluding carboxylic acids is 2. The summed E-state index contributed by atoms with van der Waals surface area (Å²) in [6.45, 7) is 1.12. The van der Waals surface area contributed by atoms with Crippen LogP contribution in [0.25, 0.3) is 0 Å². The van der Waals surface area contributed by atoms with Crippen molar-refractivity contribution < 1.29 is 9.59 Å². The molecule has 1 saturated heterocycles. The molecule has 1 fully saturated rings. The molecule has 14 heavy (non-hydrogen) atoms. The molecule has 0 spiro atoms. The van der Waals surface area contributed by atoms with Crippen LogP contribution in [0, 0.1) is 5.92 Å². The van der Waals surface area contributed by atoms with Gasteiger partial charge in [-0.3, -0.25) is 9.69 Å². The van der Waals surface area contributed by atoms with Crippen molar-refractivity contribution in [3.05, 3.63) is 12.2 Å². The molecule has 1 unspecified atom stereocenters. The predicted molar refractivity (Wildman–Crippen MR) is 51.6 cm³/mol. The van der Waals surface area contributed by atoms with Gasteiger partial charge in [0.2, 0.25) is 5.91 Å². The van der Waals surface area contributed by atoms with Gasteiger partial charge in [-0.25, -0.2) is 4.79 Å². The number of rotatable bonds is 1. The summed E-state index contributed by atoms with van der Waals surface area (Å²) >= 11 is 0. The van der Waals surface area contributed by atoms with Gasteiger partial charge in [0.15, 0.2) is 0 Å². The Labute approximate surface area is 83.0 Å². The first kappa shape index (κ1) is 9.24. The molecule has 2 aliphatic rings. The lowest BCUT2D eigenvalue weighted by Gasteiger charge is -2.21. The SMILES string of the molecule is O=C1NCCN1C(=O)C1CC=CCC1. The average Bonchev–Trinajstić information content (AvgIpc) is 2.65. The second-order valence-corrected chi connectivity index (χ2v) is 3.70. The lowest BCUT2D eigenvalue weighted by Crippen LogP contribution is -2.38. The van der Waals surface area contributed by atoms with Crippen molar-refractivity contribution in [2.24, 2.45) is 5.92 Å². The zero-order valence-corrected chi connectivity index (χ0v) is 8.03. The normalized spacial score (nSPS) is 26.4. The van der Waals surface area contributed by atoms with Crippen LogP contribution in [0.15, 0.2) is 12.2 Å². The summed E-state index contributed by atoms with van der Waals surface area (Å²) in [5.74, 6) is 0.00759. The van der Waals surface area contributed by atoms with Gasteiger partial charge >= 0.3 is 6.03 Å². The molecule has 0 aromatic rings. The number of amides is 3. The minimum Gasteiger partial charge on any atom is -0.336 e. The number of nitrogens with zero attached hydrogens (tertiary/aromatic N) is 1. The molecule has 1 aliphatic carbocycles. The van der Waals surface area contributed by atoms with Gasteiger partial charge in [-0.1, -0.05) is 12.2 Å². The van der Waals surface area contributed by atoms with E-state index >= 15 is 0 Å². The molecule has 4 heteroatoms. The van der Waals surface area contributed by atoms with Gasteiger partial charge in [0.1, 0.15) is 0 Å². The van der Waals surface area contributed by atoms with Crippen molar-refractivity contribution in [2.75, 3.05) is 13.1 Å². The summed E-state index contributed by atoms with van der Waals surface area (Å²) in [5, 5.41) is 2.64. The second kappa shape index (κ2) is 3.82. The molecule has 76 valence electrons. The molecule has 0 aromatic heterocycles. The van der Waals surface area contributed by atoms with E-state index < -0.39 is 0 Å². The maximum absolute atomic E-state index is 11.8. The largest absolute Gasteiger partial charge is 0.336 e. The fraction of sp³-hybridized carbons (Fsp3) is 0.600. The molecule has 1 atom stereocenters. The van der Waals surface area contributed by atoms with Crippen LogP contribution in [-0.2, 0) is 4.79 Å². The number of imide groups is 1. The zero-order valence-electron chi connectivity index (χ0n) is 8.03. The maximum Gasteiger partial charge on any atom is 0.324 e. The molecule has 3 amide bonds. The lowest BCUT2D eigenvalue weighted by molar-refractivity contribution is -0.132. The van der Waals surface area contributed by atoms with E-state index in [1.54, 1.807) is 0 Å². The van der Waals surface area contributed by atoms with Crippen molar-refractivity contribution in [2.45, 2.75) is 19.3 Å². The maximum atomic E-state index is 11.8. The molecule has 0 aromatic carbocycles. The predicted octanol–water partition coefficient (Wildman–Crippen LogP) is 0.894. The van der Waals surface area contributed by atoms with Gasteiger partial charge in [-0.2, -0.15) is 0 Å². The molecule has 1 N–H and O–H groups in total. The second-order valence-electron chi connectivity index (χ2n) is 3.70. The molecule has 0 radical (unpaired) electrons. The number of hydrogen-bond donors (Lipinski definition) is 1. The van der Waals surface area contributed by atoms with E-state index in [9.17, 15) is 9.59 Å². The van der Waals surface area contributed by atoms with Crippen LogP contribution in [0.3, 0.4) is 0 Å². The van der Waals surface area contributed by atoms with Crippen molar-refractivity contribution in [1.82, 2.24) is 10.2 Å². The highest BCUT2D eigenvalue weighted by atomic mass is 16.2. The topological polar surface area (TPSA) is 49.4 Å². The fourth-order valence-electron chi connectivity index (χ4n) is 1.92. The minimum absolute atomic E-state index is 0.00986. The molecule has 2 rings (SSSR count). The van der Waals surface area contributed by atoms with E-state index in [0.717, 1.165) is 19.3 Å². The lowest BCUT2D eigenvalue weighted by atomic mass is 9.93. The number of allylic oxidation sites excluding steroid dienone is 2. The Hall–Kier alpha value is -1.32. The first-order chi connectivity index (χ1) is 6.79. The summed E-state index contributed by atoms with van der Waals surface area (Å²) in [5.41, 5.74) is 0. The highest BCUT2D eigenvalue weighted by molar-refractivity contribution is 5.96. The Balaban J connectivity index is 2.00. The van der Waals surface area contributed by atoms with E-state index in [1.807, 2.05) is 6.08 Å². The molecule has 1 aliphatic heterocycles. The van der Waals surface area contributed by atoms with Gasteiger partial charge in [-0.05, 0) is 19.3 Å². The summed E-state index contributed by atoms with van der Waals surface area (Å²) in [6.07, 6.45) is 6.72. The van der Waals surface area contributed by atoms with Gasteiger partial charge in [0.25, 0.3) is 0 Å². The molecular weight excluding hydrogens is 180 g/mol. The van der Waals surface area contributed by atoms with E-state index in [4.69, 9.17) is 0 Å². The summed E-state index contributed by atoms with van der Waals surface area (Å²) < 4.78 is 0. The Kier molecular flexibility index (Phi) is 2.52. The first-order valence-corrected chi connectivity index (χ1v) is 5.03. The van der Waals surface area contributed by atoms with Crippen LogP contribution in [0.1, 0.15) is 19.3 Å². The number of hydrogen-bond acceptors (Lipinski definition) is 2. The van der Waals surface area contributed by atoms with E-state index in [2.05, 4.69) is 11.4 Å². The Morgan fingerprint density at radius 1 is 1.50 bits per heavy atom. The van der Waals surface area contributed by atoms with Crippen LogP contribution in [0.5, 0.6) is 0 Å². The summed E-state index contributed by atoms with van der Waals surface area (Å²) in [4.78, 5) is 24.4. The van der Waals surface area contributed by atoms with Crippen molar-refractivity contribution in [3.63, 3.8) is 0 Å². The molecule has 0 bridgehead atoms. The highest BCUT2D eigenvalue weighted by Gasteiger charge is 2.31. The van der Waals surface area contributed by atoms with Crippen LogP contribution < -0.4 is 5.32 Å².